The summed E-state index contributed by atoms with van der Waals surface area (Å²) >= 11 is 9.56. The van der Waals surface area contributed by atoms with Gasteiger partial charge in [0.05, 0.1) is 12.8 Å². The van der Waals surface area contributed by atoms with E-state index >= 15 is 0 Å². The Labute approximate surface area is 177 Å². The number of phenolic OH excluding ortho intramolecular Hbond substituents is 1. The molecule has 0 saturated carbocycles. The number of amides is 1. The summed E-state index contributed by atoms with van der Waals surface area (Å²) < 4.78 is 0.827. The molecule has 1 aliphatic heterocycles. The zero-order chi connectivity index (χ0) is 19.9. The van der Waals surface area contributed by atoms with E-state index in [1.807, 2.05) is 24.3 Å². The van der Waals surface area contributed by atoms with E-state index in [4.69, 9.17) is 11.6 Å². The molecule has 1 aliphatic rings. The number of carbonyl (C=O) groups excluding carboxylic acids is 1. The first-order chi connectivity index (χ1) is 13.5. The highest BCUT2D eigenvalue weighted by atomic mass is 79.9. The molecule has 148 valence electrons. The van der Waals surface area contributed by atoms with Crippen molar-refractivity contribution in [1.29, 1.82) is 0 Å². The fourth-order valence-corrected chi connectivity index (χ4v) is 3.59. The fraction of sp³-hybridized carbons (Fsp3) is 0.300. The van der Waals surface area contributed by atoms with Gasteiger partial charge in [-0.25, -0.2) is 5.43 Å². The van der Waals surface area contributed by atoms with Crippen molar-refractivity contribution in [3.05, 3.63) is 63.1 Å². The first kappa shape index (κ1) is 20.8. The highest BCUT2D eigenvalue weighted by Gasteiger charge is 2.19. The van der Waals surface area contributed by atoms with Gasteiger partial charge >= 0.3 is 0 Å². The Bertz CT molecular complexity index is 854. The Hall–Kier alpha value is -1.93. The highest BCUT2D eigenvalue weighted by Crippen LogP contribution is 2.20. The molecular formula is C20H22BrClN4O2. The van der Waals surface area contributed by atoms with Crippen LogP contribution in [0.2, 0.25) is 5.02 Å². The topological polar surface area (TPSA) is 68.2 Å². The van der Waals surface area contributed by atoms with Crippen molar-refractivity contribution in [2.45, 2.75) is 6.54 Å². The van der Waals surface area contributed by atoms with Crippen molar-refractivity contribution in [1.82, 2.24) is 15.2 Å². The number of hydrogen-bond donors (Lipinski definition) is 2. The van der Waals surface area contributed by atoms with E-state index in [1.165, 1.54) is 6.21 Å². The van der Waals surface area contributed by atoms with Crippen LogP contribution in [0.15, 0.2) is 52.0 Å². The zero-order valence-corrected chi connectivity index (χ0v) is 17.7. The largest absolute Gasteiger partial charge is 0.507 e. The Kier molecular flexibility index (Phi) is 7.44. The molecule has 0 unspecified atom stereocenters. The predicted octanol–water partition coefficient (Wildman–Crippen LogP) is 3.08. The molecule has 1 saturated heterocycles. The SMILES string of the molecule is O=C(CN1CCN(Cc2ccccc2Cl)CC1)N/N=C\c1cc(Br)ccc1O. The average Bonchev–Trinajstić information content (AvgIpc) is 2.68. The lowest BCUT2D eigenvalue weighted by Crippen LogP contribution is -2.48. The van der Waals surface area contributed by atoms with Gasteiger partial charge in [0.15, 0.2) is 0 Å². The van der Waals surface area contributed by atoms with Crippen molar-refractivity contribution in [3.8, 4) is 5.75 Å². The number of hydrogen-bond acceptors (Lipinski definition) is 5. The molecule has 6 nitrogen and oxygen atoms in total. The third-order valence-electron chi connectivity index (χ3n) is 4.57. The Morgan fingerprint density at radius 3 is 2.64 bits per heavy atom. The number of nitrogens with one attached hydrogen (secondary N) is 1. The molecule has 0 bridgehead atoms. The molecule has 8 heteroatoms. The summed E-state index contributed by atoms with van der Waals surface area (Å²) in [5.41, 5.74) is 4.17. The van der Waals surface area contributed by atoms with Crippen molar-refractivity contribution in [2.24, 2.45) is 5.10 Å². The first-order valence-corrected chi connectivity index (χ1v) is 10.2. The molecule has 2 N–H and O–H groups in total. The smallest absolute Gasteiger partial charge is 0.254 e. The van der Waals surface area contributed by atoms with E-state index in [2.05, 4.69) is 36.3 Å². The van der Waals surface area contributed by atoms with Crippen LogP contribution in [0.1, 0.15) is 11.1 Å². The second-order valence-corrected chi connectivity index (χ2v) is 7.96. The third kappa shape index (κ3) is 6.04. The van der Waals surface area contributed by atoms with Gasteiger partial charge in [0.2, 0.25) is 0 Å². The number of hydrazone groups is 1. The number of phenols is 1. The second kappa shape index (κ2) is 10.0. The van der Waals surface area contributed by atoms with Crippen molar-refractivity contribution in [3.63, 3.8) is 0 Å². The number of piperazine rings is 1. The molecular weight excluding hydrogens is 444 g/mol. The molecule has 0 aliphatic carbocycles. The summed E-state index contributed by atoms with van der Waals surface area (Å²) in [5, 5.41) is 14.5. The third-order valence-corrected chi connectivity index (χ3v) is 5.43. The molecule has 28 heavy (non-hydrogen) atoms. The maximum atomic E-state index is 12.1. The summed E-state index contributed by atoms with van der Waals surface area (Å²) in [6, 6.07) is 12.9. The van der Waals surface area contributed by atoms with Gasteiger partial charge in [-0.2, -0.15) is 5.10 Å². The van der Waals surface area contributed by atoms with Crippen LogP contribution in [-0.4, -0.2) is 59.8 Å². The van der Waals surface area contributed by atoms with Gasteiger partial charge in [-0.05, 0) is 29.8 Å². The van der Waals surface area contributed by atoms with Crippen LogP contribution in [0.5, 0.6) is 5.75 Å². The molecule has 1 fully saturated rings. The van der Waals surface area contributed by atoms with Crippen molar-refractivity contribution >= 4 is 39.7 Å². The maximum Gasteiger partial charge on any atom is 0.254 e. The van der Waals surface area contributed by atoms with Crippen molar-refractivity contribution in [2.75, 3.05) is 32.7 Å². The van der Waals surface area contributed by atoms with E-state index in [-0.39, 0.29) is 11.7 Å². The van der Waals surface area contributed by atoms with Crippen LogP contribution in [-0.2, 0) is 11.3 Å². The lowest BCUT2D eigenvalue weighted by atomic mass is 10.2. The quantitative estimate of drug-likeness (QED) is 0.508. The highest BCUT2D eigenvalue weighted by molar-refractivity contribution is 9.10. The van der Waals surface area contributed by atoms with Gasteiger partial charge in [-0.15, -0.1) is 0 Å². The summed E-state index contributed by atoms with van der Waals surface area (Å²) in [4.78, 5) is 16.5. The van der Waals surface area contributed by atoms with E-state index in [9.17, 15) is 9.90 Å². The van der Waals surface area contributed by atoms with Crippen molar-refractivity contribution < 1.29 is 9.90 Å². The molecule has 0 spiro atoms. The average molecular weight is 466 g/mol. The standard InChI is InChI=1S/C20H22BrClN4O2/c21-17-5-6-19(27)16(11-17)12-23-24-20(28)14-26-9-7-25(8-10-26)13-15-3-1-2-4-18(15)22/h1-6,11-12,27H,7-10,13-14H2,(H,24,28)/b23-12-. The molecule has 2 aromatic carbocycles. The predicted molar refractivity (Wildman–Crippen MR) is 115 cm³/mol. The number of halogens is 2. The fourth-order valence-electron chi connectivity index (χ4n) is 3.01. The molecule has 0 atom stereocenters. The monoisotopic (exact) mass is 464 g/mol. The van der Waals surface area contributed by atoms with Crippen LogP contribution in [0.25, 0.3) is 0 Å². The van der Waals surface area contributed by atoms with Crippen LogP contribution >= 0.6 is 27.5 Å². The van der Waals surface area contributed by atoms with E-state index in [0.29, 0.717) is 12.1 Å². The molecule has 0 radical (unpaired) electrons. The Balaban J connectivity index is 1.42. The van der Waals surface area contributed by atoms with Gasteiger partial charge in [0.1, 0.15) is 5.75 Å². The molecule has 1 amide bonds. The minimum absolute atomic E-state index is 0.107. The Morgan fingerprint density at radius 2 is 1.89 bits per heavy atom. The van der Waals surface area contributed by atoms with Gasteiger partial charge in [0.25, 0.3) is 5.91 Å². The van der Waals surface area contributed by atoms with Crippen LogP contribution < -0.4 is 5.43 Å². The molecule has 1 heterocycles. The molecule has 2 aromatic rings. The number of nitrogens with zero attached hydrogens (tertiary/aromatic N) is 3. The van der Waals surface area contributed by atoms with E-state index < -0.39 is 0 Å². The Morgan fingerprint density at radius 1 is 1.18 bits per heavy atom. The summed E-state index contributed by atoms with van der Waals surface area (Å²) in [6.45, 7) is 4.51. The number of aromatic hydroxyl groups is 1. The number of benzene rings is 2. The minimum atomic E-state index is -0.176. The first-order valence-electron chi connectivity index (χ1n) is 9.00. The second-order valence-electron chi connectivity index (χ2n) is 6.64. The normalized spacial score (nSPS) is 15.8. The summed E-state index contributed by atoms with van der Waals surface area (Å²) in [5.74, 6) is -0.0684. The maximum absolute atomic E-state index is 12.1. The molecule has 3 rings (SSSR count). The van der Waals surface area contributed by atoms with Crippen LogP contribution in [0, 0.1) is 0 Å². The van der Waals surface area contributed by atoms with Gasteiger partial charge < -0.3 is 5.11 Å². The van der Waals surface area contributed by atoms with E-state index in [0.717, 1.165) is 47.8 Å². The number of rotatable bonds is 6. The van der Waals surface area contributed by atoms with Gasteiger partial charge in [-0.3, -0.25) is 14.6 Å². The lowest BCUT2D eigenvalue weighted by molar-refractivity contribution is -0.122. The van der Waals surface area contributed by atoms with Gasteiger partial charge in [0, 0.05) is 47.8 Å². The summed E-state index contributed by atoms with van der Waals surface area (Å²) in [7, 11) is 0. The van der Waals surface area contributed by atoms with Crippen LogP contribution in [0.3, 0.4) is 0 Å². The lowest BCUT2D eigenvalue weighted by Gasteiger charge is -2.34. The summed E-state index contributed by atoms with van der Waals surface area (Å²) in [6.07, 6.45) is 1.43. The zero-order valence-electron chi connectivity index (χ0n) is 15.3. The minimum Gasteiger partial charge on any atom is -0.507 e. The molecule has 0 aromatic heterocycles. The van der Waals surface area contributed by atoms with Crippen LogP contribution in [0.4, 0.5) is 0 Å². The van der Waals surface area contributed by atoms with Gasteiger partial charge in [-0.1, -0.05) is 45.7 Å². The number of carbonyl (C=O) groups is 1. The van der Waals surface area contributed by atoms with E-state index in [1.54, 1.807) is 18.2 Å².